The van der Waals surface area contributed by atoms with Gasteiger partial charge in [0.05, 0.1) is 17.6 Å². The van der Waals surface area contributed by atoms with Crippen molar-refractivity contribution in [1.82, 2.24) is 4.90 Å². The van der Waals surface area contributed by atoms with Gasteiger partial charge in [0.2, 0.25) is 0 Å². The van der Waals surface area contributed by atoms with Crippen LogP contribution in [0.5, 0.6) is 5.75 Å². The smallest absolute Gasteiger partial charge is 0.161 e. The Morgan fingerprint density at radius 3 is 2.53 bits per heavy atom. The Kier molecular flexibility index (Phi) is 5.82. The highest BCUT2D eigenvalue weighted by atomic mass is 127. The van der Waals surface area contributed by atoms with Crippen molar-refractivity contribution in [3.63, 3.8) is 0 Å². The summed E-state index contributed by atoms with van der Waals surface area (Å²) >= 11 is 2.28. The number of nitriles is 1. The third kappa shape index (κ3) is 3.82. The van der Waals surface area contributed by atoms with Crippen LogP contribution in [0.15, 0.2) is 71.2 Å². The van der Waals surface area contributed by atoms with E-state index < -0.39 is 5.92 Å². The maximum atomic E-state index is 12.8. The highest BCUT2D eigenvalue weighted by Gasteiger charge is 2.38. The molecule has 152 valence electrons. The Balaban J connectivity index is 1.61. The number of rotatable bonds is 4. The molecule has 0 spiro atoms. The summed E-state index contributed by atoms with van der Waals surface area (Å²) in [6.45, 7) is 0.481. The van der Waals surface area contributed by atoms with Gasteiger partial charge in [0, 0.05) is 28.3 Å². The average molecular weight is 511 g/mol. The molecule has 4 rings (SSSR count). The van der Waals surface area contributed by atoms with Crippen LogP contribution >= 0.6 is 22.6 Å². The summed E-state index contributed by atoms with van der Waals surface area (Å²) in [6, 6.07) is 18.1. The minimum Gasteiger partial charge on any atom is -0.489 e. The number of ketones is 1. The van der Waals surface area contributed by atoms with E-state index in [9.17, 15) is 10.1 Å². The maximum absolute atomic E-state index is 12.8. The first-order valence-corrected chi connectivity index (χ1v) is 10.9. The monoisotopic (exact) mass is 511 g/mol. The summed E-state index contributed by atoms with van der Waals surface area (Å²) in [5, 5.41) is 9.80. The molecule has 1 aliphatic heterocycles. The highest BCUT2D eigenvalue weighted by Crippen LogP contribution is 2.44. The van der Waals surface area contributed by atoms with Crippen molar-refractivity contribution in [1.29, 1.82) is 5.26 Å². The second-order valence-corrected chi connectivity index (χ2v) is 8.77. The Bertz CT molecular complexity index is 1080. The van der Waals surface area contributed by atoms with Crippen molar-refractivity contribution < 1.29 is 9.53 Å². The van der Waals surface area contributed by atoms with Crippen LogP contribution in [0.2, 0.25) is 0 Å². The van der Waals surface area contributed by atoms with Crippen LogP contribution in [0.3, 0.4) is 0 Å². The molecule has 0 unspecified atom stereocenters. The molecule has 2 aliphatic rings. The third-order valence-electron chi connectivity index (χ3n) is 5.70. The van der Waals surface area contributed by atoms with Gasteiger partial charge in [-0.1, -0.05) is 24.3 Å². The molecule has 0 bridgehead atoms. The normalized spacial score (nSPS) is 18.9. The van der Waals surface area contributed by atoms with Gasteiger partial charge >= 0.3 is 0 Å². The largest absolute Gasteiger partial charge is 0.489 e. The lowest BCUT2D eigenvalue weighted by molar-refractivity contribution is -0.116. The Labute approximate surface area is 190 Å². The number of nitrogens with zero attached hydrogens (tertiary/aromatic N) is 2. The van der Waals surface area contributed by atoms with E-state index in [-0.39, 0.29) is 5.78 Å². The molecule has 0 saturated carbocycles. The van der Waals surface area contributed by atoms with E-state index in [1.807, 2.05) is 43.4 Å². The molecule has 0 saturated heterocycles. The number of Topliss-reactive ketones (excluding diaryl/α,β-unsaturated/α-hetero) is 1. The minimum absolute atomic E-state index is 0.104. The summed E-state index contributed by atoms with van der Waals surface area (Å²) in [6.07, 6.45) is 2.12. The Hall–Kier alpha value is -2.79. The molecular weight excluding hydrogens is 489 g/mol. The molecule has 1 atom stereocenters. The molecule has 0 aromatic heterocycles. The number of allylic oxidation sites excluding steroid dienone is 3. The fourth-order valence-electron chi connectivity index (χ4n) is 4.10. The number of nitrogens with two attached hydrogens (primary N) is 1. The van der Waals surface area contributed by atoms with Gasteiger partial charge in [-0.3, -0.25) is 4.79 Å². The Morgan fingerprint density at radius 2 is 1.87 bits per heavy atom. The van der Waals surface area contributed by atoms with E-state index in [1.165, 1.54) is 3.57 Å². The van der Waals surface area contributed by atoms with E-state index in [2.05, 4.69) is 40.8 Å². The number of benzene rings is 2. The zero-order chi connectivity index (χ0) is 21.3. The fraction of sp³-hybridized carbons (Fsp3) is 0.250. The molecule has 1 aliphatic carbocycles. The maximum Gasteiger partial charge on any atom is 0.161 e. The van der Waals surface area contributed by atoms with Crippen molar-refractivity contribution in [3.05, 3.63) is 85.9 Å². The summed E-state index contributed by atoms with van der Waals surface area (Å²) in [4.78, 5) is 14.6. The number of carbonyl (C=O) groups excluding carboxylic acids is 1. The van der Waals surface area contributed by atoms with Crippen LogP contribution < -0.4 is 10.5 Å². The minimum atomic E-state index is -0.417. The second-order valence-electron chi connectivity index (χ2n) is 7.52. The van der Waals surface area contributed by atoms with Gasteiger partial charge in [-0.05, 0) is 70.8 Å². The molecular formula is C24H22IN3O2. The van der Waals surface area contributed by atoms with Crippen LogP contribution in [0.4, 0.5) is 0 Å². The van der Waals surface area contributed by atoms with Gasteiger partial charge in [0.1, 0.15) is 18.2 Å². The standard InChI is InChI=1S/C24H22IN3O2/c1-28-20-3-2-4-21(29)23(20)22(19(13-26)24(28)27)16-7-11-18(12-8-16)30-14-15-5-9-17(25)10-6-15/h5-12,22H,2-4,14,27H2,1H3/t22-/m1/s1. The van der Waals surface area contributed by atoms with Gasteiger partial charge < -0.3 is 15.4 Å². The van der Waals surface area contributed by atoms with Crippen molar-refractivity contribution in [2.75, 3.05) is 7.05 Å². The topological polar surface area (TPSA) is 79.3 Å². The van der Waals surface area contributed by atoms with Gasteiger partial charge in [0.15, 0.2) is 5.78 Å². The van der Waals surface area contributed by atoms with Crippen molar-refractivity contribution in [2.24, 2.45) is 5.73 Å². The number of carbonyl (C=O) groups is 1. The first kappa shape index (κ1) is 20.5. The van der Waals surface area contributed by atoms with Crippen LogP contribution in [0.25, 0.3) is 0 Å². The van der Waals surface area contributed by atoms with Crippen molar-refractivity contribution in [2.45, 2.75) is 31.8 Å². The molecule has 6 heteroatoms. The summed E-state index contributed by atoms with van der Waals surface area (Å²) in [5.74, 6) is 0.853. The molecule has 1 heterocycles. The first-order chi connectivity index (χ1) is 14.5. The lowest BCUT2D eigenvalue weighted by atomic mass is 9.76. The van der Waals surface area contributed by atoms with Crippen LogP contribution in [0, 0.1) is 14.9 Å². The molecule has 2 N–H and O–H groups in total. The van der Waals surface area contributed by atoms with E-state index >= 15 is 0 Å². The van der Waals surface area contributed by atoms with E-state index in [4.69, 9.17) is 10.5 Å². The van der Waals surface area contributed by atoms with Crippen LogP contribution in [0.1, 0.15) is 36.3 Å². The van der Waals surface area contributed by atoms with Crippen LogP contribution in [-0.2, 0) is 11.4 Å². The first-order valence-electron chi connectivity index (χ1n) is 9.86. The number of halogens is 1. The number of ether oxygens (including phenoxy) is 1. The lowest BCUT2D eigenvalue weighted by Gasteiger charge is -2.37. The van der Waals surface area contributed by atoms with Gasteiger partial charge in [-0.2, -0.15) is 5.26 Å². The zero-order valence-electron chi connectivity index (χ0n) is 16.7. The molecule has 5 nitrogen and oxygen atoms in total. The molecule has 30 heavy (non-hydrogen) atoms. The van der Waals surface area contributed by atoms with E-state index in [0.29, 0.717) is 30.0 Å². The molecule has 0 fully saturated rings. The van der Waals surface area contributed by atoms with E-state index in [0.717, 1.165) is 35.4 Å². The average Bonchev–Trinajstić information content (AvgIpc) is 2.76. The molecule has 2 aromatic carbocycles. The molecule has 2 aromatic rings. The molecule has 0 radical (unpaired) electrons. The van der Waals surface area contributed by atoms with Crippen molar-refractivity contribution >= 4 is 28.4 Å². The Morgan fingerprint density at radius 1 is 1.17 bits per heavy atom. The van der Waals surface area contributed by atoms with Gasteiger partial charge in [-0.15, -0.1) is 0 Å². The predicted molar refractivity (Wildman–Crippen MR) is 123 cm³/mol. The fourth-order valence-corrected chi connectivity index (χ4v) is 4.46. The second kappa shape index (κ2) is 8.52. The third-order valence-corrected chi connectivity index (χ3v) is 6.42. The van der Waals surface area contributed by atoms with Crippen molar-refractivity contribution in [3.8, 4) is 11.8 Å². The van der Waals surface area contributed by atoms with E-state index in [1.54, 1.807) is 4.90 Å². The molecule has 0 amide bonds. The van der Waals surface area contributed by atoms with Crippen LogP contribution in [-0.4, -0.2) is 17.7 Å². The number of hydrogen-bond acceptors (Lipinski definition) is 5. The zero-order valence-corrected chi connectivity index (χ0v) is 18.8. The summed E-state index contributed by atoms with van der Waals surface area (Å²) in [7, 11) is 1.83. The lowest BCUT2D eigenvalue weighted by Crippen LogP contribution is -2.36. The van der Waals surface area contributed by atoms with Gasteiger partial charge in [0.25, 0.3) is 0 Å². The SMILES string of the molecule is CN1C(N)=C(C#N)[C@@H](c2ccc(OCc3ccc(I)cc3)cc2)C2=C1CCCC2=O. The quantitative estimate of drug-likeness (QED) is 0.608. The summed E-state index contributed by atoms with van der Waals surface area (Å²) < 4.78 is 7.09. The van der Waals surface area contributed by atoms with Gasteiger partial charge in [-0.25, -0.2) is 0 Å². The predicted octanol–water partition coefficient (Wildman–Crippen LogP) is 4.60. The number of hydrogen-bond donors (Lipinski definition) is 1. The highest BCUT2D eigenvalue weighted by molar-refractivity contribution is 14.1. The summed E-state index contributed by atoms with van der Waals surface area (Å²) in [5.41, 5.74) is 10.3.